The van der Waals surface area contributed by atoms with Gasteiger partial charge < -0.3 is 4.57 Å². The van der Waals surface area contributed by atoms with Crippen molar-refractivity contribution < 1.29 is 0 Å². The van der Waals surface area contributed by atoms with Gasteiger partial charge >= 0.3 is 0 Å². The number of hydrogen-bond acceptors (Lipinski definition) is 2. The molecule has 0 bridgehead atoms. The van der Waals surface area contributed by atoms with Gasteiger partial charge in [-0.2, -0.15) is 0 Å². The molecule has 1 aromatic carbocycles. The van der Waals surface area contributed by atoms with E-state index >= 15 is 0 Å². The SMILES string of the molecule is CC(C)n1c(CCl)nnc1-c1cccc(Cl)c1Cl. The molecule has 0 spiro atoms. The normalized spacial score (nSPS) is 11.2. The molecule has 0 fully saturated rings. The highest BCUT2D eigenvalue weighted by molar-refractivity contribution is 6.43. The molecule has 96 valence electrons. The maximum Gasteiger partial charge on any atom is 0.165 e. The Labute approximate surface area is 121 Å². The Balaban J connectivity index is 2.64. The number of nitrogens with zero attached hydrogens (tertiary/aromatic N) is 3. The number of benzene rings is 1. The zero-order chi connectivity index (χ0) is 13.3. The van der Waals surface area contributed by atoms with Gasteiger partial charge in [-0.15, -0.1) is 21.8 Å². The average Bonchev–Trinajstić information content (AvgIpc) is 2.76. The molecule has 2 aromatic rings. The van der Waals surface area contributed by atoms with Crippen LogP contribution in [0.2, 0.25) is 10.0 Å². The third kappa shape index (κ3) is 2.35. The van der Waals surface area contributed by atoms with Crippen LogP contribution in [0.4, 0.5) is 0 Å². The number of aromatic nitrogens is 3. The van der Waals surface area contributed by atoms with Crippen molar-refractivity contribution in [1.29, 1.82) is 0 Å². The molecule has 0 aliphatic rings. The second kappa shape index (κ2) is 5.47. The van der Waals surface area contributed by atoms with Crippen molar-refractivity contribution in [1.82, 2.24) is 14.8 Å². The van der Waals surface area contributed by atoms with Crippen molar-refractivity contribution >= 4 is 34.8 Å². The Kier molecular flexibility index (Phi) is 4.15. The van der Waals surface area contributed by atoms with E-state index in [1.54, 1.807) is 6.07 Å². The fraction of sp³-hybridized carbons (Fsp3) is 0.333. The minimum absolute atomic E-state index is 0.193. The number of hydrogen-bond donors (Lipinski definition) is 0. The van der Waals surface area contributed by atoms with Crippen LogP contribution < -0.4 is 0 Å². The molecule has 0 unspecified atom stereocenters. The number of halogens is 3. The van der Waals surface area contributed by atoms with Gasteiger partial charge in [0, 0.05) is 11.6 Å². The van der Waals surface area contributed by atoms with Gasteiger partial charge in [-0.05, 0) is 26.0 Å². The topological polar surface area (TPSA) is 30.7 Å². The standard InChI is InChI=1S/C12H12Cl3N3/c1-7(2)18-10(6-13)16-17-12(18)8-4-3-5-9(14)11(8)15/h3-5,7H,6H2,1-2H3. The minimum Gasteiger partial charge on any atom is -0.307 e. The van der Waals surface area contributed by atoms with E-state index in [1.165, 1.54) is 0 Å². The summed E-state index contributed by atoms with van der Waals surface area (Å²) in [5.74, 6) is 1.72. The Morgan fingerprint density at radius 3 is 2.56 bits per heavy atom. The lowest BCUT2D eigenvalue weighted by Gasteiger charge is -2.14. The highest BCUT2D eigenvalue weighted by atomic mass is 35.5. The van der Waals surface area contributed by atoms with E-state index in [-0.39, 0.29) is 6.04 Å². The van der Waals surface area contributed by atoms with Gasteiger partial charge in [-0.3, -0.25) is 0 Å². The molecule has 0 N–H and O–H groups in total. The van der Waals surface area contributed by atoms with Gasteiger partial charge in [0.1, 0.15) is 5.82 Å². The molecular formula is C12H12Cl3N3. The Morgan fingerprint density at radius 2 is 1.94 bits per heavy atom. The summed E-state index contributed by atoms with van der Waals surface area (Å²) in [6.45, 7) is 4.09. The molecule has 1 aromatic heterocycles. The first-order valence-corrected chi connectivity index (χ1v) is 6.79. The molecule has 0 atom stereocenters. The molecule has 0 saturated carbocycles. The first-order chi connectivity index (χ1) is 8.56. The van der Waals surface area contributed by atoms with Crippen LogP contribution in [0.1, 0.15) is 25.7 Å². The summed E-state index contributed by atoms with van der Waals surface area (Å²) in [6, 6.07) is 5.64. The first kappa shape index (κ1) is 13.7. The minimum atomic E-state index is 0.193. The molecule has 0 aliphatic heterocycles. The van der Waals surface area contributed by atoms with Crippen molar-refractivity contribution in [2.45, 2.75) is 25.8 Å². The number of alkyl halides is 1. The van der Waals surface area contributed by atoms with Crippen molar-refractivity contribution in [3.63, 3.8) is 0 Å². The highest BCUT2D eigenvalue weighted by Crippen LogP contribution is 2.33. The average molecular weight is 305 g/mol. The third-order valence-corrected chi connectivity index (χ3v) is 3.65. The fourth-order valence-electron chi connectivity index (χ4n) is 1.82. The molecule has 0 saturated heterocycles. The molecule has 3 nitrogen and oxygen atoms in total. The van der Waals surface area contributed by atoms with Crippen molar-refractivity contribution in [2.24, 2.45) is 0 Å². The molecule has 18 heavy (non-hydrogen) atoms. The smallest absolute Gasteiger partial charge is 0.165 e. The van der Waals surface area contributed by atoms with Crippen molar-refractivity contribution in [2.75, 3.05) is 0 Å². The van der Waals surface area contributed by atoms with Crippen molar-refractivity contribution in [3.05, 3.63) is 34.1 Å². The molecule has 0 aliphatic carbocycles. The summed E-state index contributed by atoms with van der Waals surface area (Å²) >= 11 is 18.1. The van der Waals surface area contributed by atoms with Gasteiger partial charge in [-0.25, -0.2) is 0 Å². The summed E-state index contributed by atoms with van der Waals surface area (Å²) in [4.78, 5) is 0. The first-order valence-electron chi connectivity index (χ1n) is 5.50. The molecule has 0 amide bonds. The van der Waals surface area contributed by atoms with Crippen LogP contribution >= 0.6 is 34.8 Å². The monoisotopic (exact) mass is 303 g/mol. The van der Waals surface area contributed by atoms with E-state index in [1.807, 2.05) is 30.5 Å². The lowest BCUT2D eigenvalue weighted by molar-refractivity contribution is 0.585. The Morgan fingerprint density at radius 1 is 1.22 bits per heavy atom. The largest absolute Gasteiger partial charge is 0.307 e. The van der Waals surface area contributed by atoms with E-state index in [9.17, 15) is 0 Å². The van der Waals surface area contributed by atoms with Crippen LogP contribution in [0.25, 0.3) is 11.4 Å². The molecule has 1 heterocycles. The van der Waals surface area contributed by atoms with Gasteiger partial charge in [0.2, 0.25) is 0 Å². The predicted molar refractivity (Wildman–Crippen MR) is 75.4 cm³/mol. The quantitative estimate of drug-likeness (QED) is 0.778. The predicted octanol–water partition coefficient (Wildman–Crippen LogP) is 4.57. The third-order valence-electron chi connectivity index (χ3n) is 2.59. The lowest BCUT2D eigenvalue weighted by Crippen LogP contribution is -2.07. The summed E-state index contributed by atoms with van der Waals surface area (Å²) in [5.41, 5.74) is 0.765. The van der Waals surface area contributed by atoms with Gasteiger partial charge in [0.05, 0.1) is 15.9 Å². The second-order valence-corrected chi connectivity index (χ2v) is 5.19. The summed E-state index contributed by atoms with van der Waals surface area (Å²) in [7, 11) is 0. The van der Waals surface area contributed by atoms with Crippen LogP contribution in [0.3, 0.4) is 0 Å². The van der Waals surface area contributed by atoms with Crippen molar-refractivity contribution in [3.8, 4) is 11.4 Å². The van der Waals surface area contributed by atoms with Crippen LogP contribution in [0.15, 0.2) is 18.2 Å². The molecular weight excluding hydrogens is 293 g/mol. The van der Waals surface area contributed by atoms with Crippen LogP contribution in [-0.2, 0) is 5.88 Å². The molecule has 2 rings (SSSR count). The Hall–Kier alpha value is -0.770. The molecule has 0 radical (unpaired) electrons. The van der Waals surface area contributed by atoms with E-state index in [0.717, 1.165) is 11.4 Å². The van der Waals surface area contributed by atoms with Crippen LogP contribution in [-0.4, -0.2) is 14.8 Å². The van der Waals surface area contributed by atoms with Crippen LogP contribution in [0, 0.1) is 0 Å². The fourth-order valence-corrected chi connectivity index (χ4v) is 2.38. The summed E-state index contributed by atoms with van der Waals surface area (Å²) in [5, 5.41) is 9.23. The highest BCUT2D eigenvalue weighted by Gasteiger charge is 2.18. The number of rotatable bonds is 3. The summed E-state index contributed by atoms with van der Waals surface area (Å²) < 4.78 is 1.96. The summed E-state index contributed by atoms with van der Waals surface area (Å²) in [6.07, 6.45) is 0. The van der Waals surface area contributed by atoms with E-state index in [2.05, 4.69) is 10.2 Å². The molecule has 6 heteroatoms. The van der Waals surface area contributed by atoms with Gasteiger partial charge in [0.25, 0.3) is 0 Å². The zero-order valence-electron chi connectivity index (χ0n) is 9.99. The second-order valence-electron chi connectivity index (χ2n) is 4.14. The van der Waals surface area contributed by atoms with E-state index < -0.39 is 0 Å². The van der Waals surface area contributed by atoms with Gasteiger partial charge in [0.15, 0.2) is 5.82 Å². The lowest BCUT2D eigenvalue weighted by atomic mass is 10.2. The zero-order valence-corrected chi connectivity index (χ0v) is 12.3. The van der Waals surface area contributed by atoms with Crippen LogP contribution in [0.5, 0.6) is 0 Å². The maximum atomic E-state index is 6.21. The van der Waals surface area contributed by atoms with Gasteiger partial charge in [-0.1, -0.05) is 29.3 Å². The van der Waals surface area contributed by atoms with E-state index in [4.69, 9.17) is 34.8 Å². The Bertz CT molecular complexity index is 564. The maximum absolute atomic E-state index is 6.21. The van der Waals surface area contributed by atoms with E-state index in [0.29, 0.717) is 21.7 Å².